The molecule has 2 rings (SSSR count). The Morgan fingerprint density at radius 2 is 1.64 bits per heavy atom. The van der Waals surface area contributed by atoms with Crippen molar-refractivity contribution in [2.24, 2.45) is 0 Å². The highest BCUT2D eigenvalue weighted by Crippen LogP contribution is 2.09. The van der Waals surface area contributed by atoms with Gasteiger partial charge in [0.1, 0.15) is 23.7 Å². The van der Waals surface area contributed by atoms with Gasteiger partial charge < -0.3 is 15.7 Å². The Bertz CT molecular complexity index is 841. The number of aliphatic carboxylic acids is 1. The normalized spacial score (nSPS) is 12.7. The summed E-state index contributed by atoms with van der Waals surface area (Å²) in [6, 6.07) is 3.76. The van der Waals surface area contributed by atoms with Crippen LogP contribution in [0.4, 0.5) is 8.78 Å². The molecule has 2 aromatic rings. The van der Waals surface area contributed by atoms with Crippen LogP contribution in [0.2, 0.25) is 0 Å². The average molecular weight is 391 g/mol. The van der Waals surface area contributed by atoms with Gasteiger partial charge in [-0.15, -0.1) is 0 Å². The van der Waals surface area contributed by atoms with Gasteiger partial charge in [-0.05, 0) is 42.3 Å². The number of carboxylic acid groups (broad SMARTS) is 1. The maximum atomic E-state index is 13.2. The molecule has 0 aliphatic carbocycles. The molecule has 0 fully saturated rings. The fourth-order valence-electron chi connectivity index (χ4n) is 2.51. The van der Waals surface area contributed by atoms with E-state index in [1.165, 1.54) is 19.3 Å². The third-order valence-electron chi connectivity index (χ3n) is 3.86. The minimum absolute atomic E-state index is 0.0484. The lowest BCUT2D eigenvalue weighted by atomic mass is 10.1. The maximum absolute atomic E-state index is 13.2. The molecule has 0 bridgehead atoms. The van der Waals surface area contributed by atoms with E-state index in [-0.39, 0.29) is 18.4 Å². The number of carbonyl (C=O) groups excluding carboxylic acids is 2. The molecular formula is C19H19F2N3O4. The largest absolute Gasteiger partial charge is 0.480 e. The predicted molar refractivity (Wildman–Crippen MR) is 95.2 cm³/mol. The van der Waals surface area contributed by atoms with Crippen molar-refractivity contribution in [3.8, 4) is 0 Å². The topological polar surface area (TPSA) is 108 Å². The van der Waals surface area contributed by atoms with E-state index in [1.807, 2.05) is 0 Å². The van der Waals surface area contributed by atoms with Crippen molar-refractivity contribution >= 4 is 17.8 Å². The zero-order chi connectivity index (χ0) is 20.7. The fraction of sp³-hybridized carbons (Fsp3) is 0.263. The smallest absolute Gasteiger partial charge is 0.326 e. The van der Waals surface area contributed by atoms with Crippen molar-refractivity contribution in [1.82, 2.24) is 15.6 Å². The third kappa shape index (κ3) is 6.42. The second-order valence-electron chi connectivity index (χ2n) is 6.20. The van der Waals surface area contributed by atoms with Gasteiger partial charge in [-0.25, -0.2) is 13.6 Å². The molecule has 2 amide bonds. The molecule has 0 aliphatic rings. The number of hydrogen-bond acceptors (Lipinski definition) is 4. The van der Waals surface area contributed by atoms with E-state index in [2.05, 4.69) is 15.6 Å². The molecule has 148 valence electrons. The van der Waals surface area contributed by atoms with Crippen LogP contribution in [-0.4, -0.2) is 40.0 Å². The maximum Gasteiger partial charge on any atom is 0.326 e. The number of nitrogens with one attached hydrogen (secondary N) is 2. The monoisotopic (exact) mass is 391 g/mol. The summed E-state index contributed by atoms with van der Waals surface area (Å²) >= 11 is 0. The Balaban J connectivity index is 1.92. The molecule has 0 unspecified atom stereocenters. The highest BCUT2D eigenvalue weighted by atomic mass is 19.1. The van der Waals surface area contributed by atoms with Gasteiger partial charge in [-0.1, -0.05) is 0 Å². The number of carbonyl (C=O) groups is 3. The van der Waals surface area contributed by atoms with E-state index >= 15 is 0 Å². The Morgan fingerprint density at radius 3 is 2.21 bits per heavy atom. The summed E-state index contributed by atoms with van der Waals surface area (Å²) in [5.74, 6) is -4.17. The number of rotatable bonds is 8. The highest BCUT2D eigenvalue weighted by Gasteiger charge is 2.24. The van der Waals surface area contributed by atoms with E-state index in [0.29, 0.717) is 11.6 Å². The summed E-state index contributed by atoms with van der Waals surface area (Å²) in [6.45, 7) is 1.38. The molecule has 1 heterocycles. The predicted octanol–water partition coefficient (Wildman–Crippen LogP) is 1.22. The van der Waals surface area contributed by atoms with E-state index < -0.39 is 41.5 Å². The molecule has 9 heteroatoms. The third-order valence-corrected chi connectivity index (χ3v) is 3.86. The van der Waals surface area contributed by atoms with Crippen molar-refractivity contribution in [3.05, 3.63) is 65.5 Å². The summed E-state index contributed by atoms with van der Waals surface area (Å²) in [4.78, 5) is 39.5. The van der Waals surface area contributed by atoms with Crippen LogP contribution in [0.15, 0.2) is 42.7 Å². The molecule has 2 atom stereocenters. The van der Waals surface area contributed by atoms with Gasteiger partial charge in [0.25, 0.3) is 0 Å². The molecule has 7 nitrogen and oxygen atoms in total. The van der Waals surface area contributed by atoms with Crippen LogP contribution in [0.5, 0.6) is 0 Å². The van der Waals surface area contributed by atoms with Crippen molar-refractivity contribution in [2.45, 2.75) is 31.8 Å². The molecule has 1 aromatic carbocycles. The second kappa shape index (κ2) is 9.54. The first-order valence-electron chi connectivity index (χ1n) is 8.41. The molecule has 0 saturated carbocycles. The minimum atomic E-state index is -1.22. The van der Waals surface area contributed by atoms with E-state index in [0.717, 1.165) is 12.1 Å². The highest BCUT2D eigenvalue weighted by molar-refractivity contribution is 5.90. The zero-order valence-electron chi connectivity index (χ0n) is 15.0. The van der Waals surface area contributed by atoms with Crippen molar-refractivity contribution in [2.75, 3.05) is 0 Å². The van der Waals surface area contributed by atoms with Crippen LogP contribution in [0, 0.1) is 11.6 Å². The molecule has 0 spiro atoms. The van der Waals surface area contributed by atoms with Crippen LogP contribution >= 0.6 is 0 Å². The summed E-state index contributed by atoms with van der Waals surface area (Å²) in [7, 11) is 0. The Hall–Kier alpha value is -3.36. The summed E-state index contributed by atoms with van der Waals surface area (Å²) < 4.78 is 26.3. The standard InChI is InChI=1S/C19H19F2N3O4/c1-11(23-17(25)9-13-6-14(20)10-15(21)7-13)18(26)24-16(19(27)28)8-12-2-4-22-5-3-12/h2-7,10-11,16H,8-9H2,1H3,(H,23,25)(H,24,26)(H,27,28)/t11-,16-/m0/s1. The lowest BCUT2D eigenvalue weighted by Gasteiger charge is -2.19. The lowest BCUT2D eigenvalue weighted by Crippen LogP contribution is -2.51. The minimum Gasteiger partial charge on any atom is -0.480 e. The van der Waals surface area contributed by atoms with Gasteiger partial charge >= 0.3 is 5.97 Å². The first kappa shape index (κ1) is 20.9. The zero-order valence-corrected chi connectivity index (χ0v) is 15.0. The summed E-state index contributed by atoms with van der Waals surface area (Å²) in [5.41, 5.74) is 0.788. The van der Waals surface area contributed by atoms with Crippen LogP contribution in [0.3, 0.4) is 0 Å². The van der Waals surface area contributed by atoms with Crippen LogP contribution in [0.25, 0.3) is 0 Å². The molecule has 0 aliphatic heterocycles. The van der Waals surface area contributed by atoms with Gasteiger partial charge in [-0.2, -0.15) is 0 Å². The van der Waals surface area contributed by atoms with Gasteiger partial charge in [0.15, 0.2) is 0 Å². The second-order valence-corrected chi connectivity index (χ2v) is 6.20. The Labute approximate surface area is 159 Å². The quantitative estimate of drug-likeness (QED) is 0.627. The van der Waals surface area contributed by atoms with Gasteiger partial charge in [0.05, 0.1) is 6.42 Å². The van der Waals surface area contributed by atoms with Crippen molar-refractivity contribution in [3.63, 3.8) is 0 Å². The van der Waals surface area contributed by atoms with Crippen LogP contribution in [0.1, 0.15) is 18.1 Å². The number of aromatic nitrogens is 1. The Kier molecular flexibility index (Phi) is 7.14. The van der Waals surface area contributed by atoms with E-state index in [9.17, 15) is 28.3 Å². The number of amides is 2. The summed E-state index contributed by atoms with van der Waals surface area (Å²) in [5, 5.41) is 14.0. The molecule has 0 radical (unpaired) electrons. The summed E-state index contributed by atoms with van der Waals surface area (Å²) in [6.07, 6.45) is 2.74. The van der Waals surface area contributed by atoms with Crippen LogP contribution < -0.4 is 10.6 Å². The Morgan fingerprint density at radius 1 is 1.04 bits per heavy atom. The molecule has 3 N–H and O–H groups in total. The van der Waals surface area contributed by atoms with E-state index in [4.69, 9.17) is 0 Å². The number of hydrogen-bond donors (Lipinski definition) is 3. The fourth-order valence-corrected chi connectivity index (χ4v) is 2.51. The molecular weight excluding hydrogens is 372 g/mol. The molecule has 1 aromatic heterocycles. The number of nitrogens with zero attached hydrogens (tertiary/aromatic N) is 1. The molecule has 0 saturated heterocycles. The van der Waals surface area contributed by atoms with Gasteiger partial charge in [0, 0.05) is 24.9 Å². The van der Waals surface area contributed by atoms with Crippen molar-refractivity contribution in [1.29, 1.82) is 0 Å². The first-order valence-corrected chi connectivity index (χ1v) is 8.41. The molecule has 28 heavy (non-hydrogen) atoms. The number of carboxylic acids is 1. The lowest BCUT2D eigenvalue weighted by molar-refractivity contribution is -0.142. The van der Waals surface area contributed by atoms with E-state index in [1.54, 1.807) is 12.1 Å². The van der Waals surface area contributed by atoms with Gasteiger partial charge in [-0.3, -0.25) is 14.6 Å². The SMILES string of the molecule is C[C@H](NC(=O)Cc1cc(F)cc(F)c1)C(=O)N[C@@H](Cc1ccncc1)C(=O)O. The number of halogens is 2. The number of pyridine rings is 1. The average Bonchev–Trinajstić information content (AvgIpc) is 2.60. The number of benzene rings is 1. The first-order chi connectivity index (χ1) is 13.2. The van der Waals surface area contributed by atoms with Crippen molar-refractivity contribution < 1.29 is 28.3 Å². The van der Waals surface area contributed by atoms with Crippen LogP contribution in [-0.2, 0) is 27.2 Å². The van der Waals surface area contributed by atoms with Gasteiger partial charge in [0.2, 0.25) is 11.8 Å².